The minimum atomic E-state index is 0.191. The van der Waals surface area contributed by atoms with Crippen molar-refractivity contribution in [3.63, 3.8) is 0 Å². The van der Waals surface area contributed by atoms with Gasteiger partial charge in [-0.15, -0.1) is 0 Å². The van der Waals surface area contributed by atoms with Crippen molar-refractivity contribution in [2.45, 2.75) is 38.8 Å². The van der Waals surface area contributed by atoms with Gasteiger partial charge in [0.05, 0.1) is 13.2 Å². The summed E-state index contributed by atoms with van der Waals surface area (Å²) in [6.07, 6.45) is 2.51. The molecule has 4 nitrogen and oxygen atoms in total. The standard InChI is InChI=1S/C13H28N2O2/c1-11(2)14-13(9-16)8-15-6-4-5-12(7-15)10-17-3/h11-14,16H,4-10H2,1-3H3. The fourth-order valence-corrected chi connectivity index (χ4v) is 2.64. The largest absolute Gasteiger partial charge is 0.395 e. The number of nitrogens with zero attached hydrogens (tertiary/aromatic N) is 1. The molecule has 0 aromatic heterocycles. The van der Waals surface area contributed by atoms with E-state index in [1.165, 1.54) is 12.8 Å². The highest BCUT2D eigenvalue weighted by atomic mass is 16.5. The highest BCUT2D eigenvalue weighted by Crippen LogP contribution is 2.16. The van der Waals surface area contributed by atoms with Crippen LogP contribution in [0.25, 0.3) is 0 Å². The third kappa shape index (κ3) is 5.82. The van der Waals surface area contributed by atoms with Gasteiger partial charge in [-0.3, -0.25) is 0 Å². The topological polar surface area (TPSA) is 44.7 Å². The Bertz CT molecular complexity index is 198. The SMILES string of the molecule is COCC1CCCN(CC(CO)NC(C)C)C1. The van der Waals surface area contributed by atoms with Crippen molar-refractivity contribution in [3.8, 4) is 0 Å². The van der Waals surface area contributed by atoms with E-state index in [1.54, 1.807) is 7.11 Å². The van der Waals surface area contributed by atoms with E-state index >= 15 is 0 Å². The van der Waals surface area contributed by atoms with Crippen molar-refractivity contribution < 1.29 is 9.84 Å². The summed E-state index contributed by atoms with van der Waals surface area (Å²) in [5.41, 5.74) is 0. The minimum absolute atomic E-state index is 0.191. The first-order chi connectivity index (χ1) is 8.15. The summed E-state index contributed by atoms with van der Waals surface area (Å²) < 4.78 is 5.23. The number of ether oxygens (including phenoxy) is 1. The quantitative estimate of drug-likeness (QED) is 0.692. The van der Waals surface area contributed by atoms with Crippen LogP contribution in [0.4, 0.5) is 0 Å². The average Bonchev–Trinajstić information content (AvgIpc) is 2.28. The molecule has 2 unspecified atom stereocenters. The molecular formula is C13H28N2O2. The molecule has 0 spiro atoms. The minimum Gasteiger partial charge on any atom is -0.395 e. The van der Waals surface area contributed by atoms with Gasteiger partial charge in [0.25, 0.3) is 0 Å². The van der Waals surface area contributed by atoms with Gasteiger partial charge in [0.2, 0.25) is 0 Å². The Morgan fingerprint density at radius 2 is 2.24 bits per heavy atom. The van der Waals surface area contributed by atoms with E-state index in [1.807, 2.05) is 0 Å². The van der Waals surface area contributed by atoms with E-state index in [2.05, 4.69) is 24.1 Å². The number of nitrogens with one attached hydrogen (secondary N) is 1. The molecule has 1 aliphatic heterocycles. The van der Waals surface area contributed by atoms with Crippen molar-refractivity contribution in [2.24, 2.45) is 5.92 Å². The molecule has 1 heterocycles. The van der Waals surface area contributed by atoms with Gasteiger partial charge in [0.15, 0.2) is 0 Å². The van der Waals surface area contributed by atoms with E-state index in [4.69, 9.17) is 4.74 Å². The van der Waals surface area contributed by atoms with Crippen LogP contribution in [0.15, 0.2) is 0 Å². The first-order valence-electron chi connectivity index (χ1n) is 6.74. The Labute approximate surface area is 105 Å². The number of aliphatic hydroxyl groups excluding tert-OH is 1. The summed E-state index contributed by atoms with van der Waals surface area (Å²) in [6, 6.07) is 0.614. The molecule has 102 valence electrons. The summed E-state index contributed by atoms with van der Waals surface area (Å²) in [5.74, 6) is 0.659. The van der Waals surface area contributed by atoms with Gasteiger partial charge in [-0.2, -0.15) is 0 Å². The summed E-state index contributed by atoms with van der Waals surface area (Å²) in [6.45, 7) is 8.50. The number of hydrogen-bond donors (Lipinski definition) is 2. The third-order valence-corrected chi connectivity index (χ3v) is 3.27. The van der Waals surface area contributed by atoms with Gasteiger partial charge in [-0.05, 0) is 25.3 Å². The molecule has 0 aromatic carbocycles. The second-order valence-corrected chi connectivity index (χ2v) is 5.42. The molecule has 0 bridgehead atoms. The molecule has 0 amide bonds. The molecule has 1 fully saturated rings. The Balaban J connectivity index is 2.33. The van der Waals surface area contributed by atoms with Crippen molar-refractivity contribution in [1.29, 1.82) is 0 Å². The summed E-state index contributed by atoms with van der Waals surface area (Å²) >= 11 is 0. The number of likely N-dealkylation sites (tertiary alicyclic amines) is 1. The summed E-state index contributed by atoms with van der Waals surface area (Å²) in [7, 11) is 1.77. The molecule has 1 aliphatic rings. The molecule has 4 heteroatoms. The predicted octanol–water partition coefficient (Wildman–Crippen LogP) is 0.704. The highest BCUT2D eigenvalue weighted by Gasteiger charge is 2.22. The number of methoxy groups -OCH3 is 1. The first kappa shape index (κ1) is 14.9. The van der Waals surface area contributed by atoms with Crippen molar-refractivity contribution in [3.05, 3.63) is 0 Å². The lowest BCUT2D eigenvalue weighted by Gasteiger charge is -2.35. The first-order valence-corrected chi connectivity index (χ1v) is 6.74. The van der Waals surface area contributed by atoms with E-state index in [9.17, 15) is 5.11 Å². The maximum absolute atomic E-state index is 9.36. The van der Waals surface area contributed by atoms with Gasteiger partial charge in [0, 0.05) is 32.3 Å². The van der Waals surface area contributed by atoms with Crippen molar-refractivity contribution >= 4 is 0 Å². The highest BCUT2D eigenvalue weighted by molar-refractivity contribution is 4.78. The van der Waals surface area contributed by atoms with Crippen LogP contribution < -0.4 is 5.32 Å². The summed E-state index contributed by atoms with van der Waals surface area (Å²) in [4.78, 5) is 2.45. The van der Waals surface area contributed by atoms with Gasteiger partial charge < -0.3 is 20.1 Å². The molecule has 17 heavy (non-hydrogen) atoms. The molecule has 0 radical (unpaired) electrons. The Hall–Kier alpha value is -0.160. The van der Waals surface area contributed by atoms with E-state index < -0.39 is 0 Å². The van der Waals surface area contributed by atoms with E-state index in [-0.39, 0.29) is 12.6 Å². The van der Waals surface area contributed by atoms with E-state index in [0.29, 0.717) is 12.0 Å². The summed E-state index contributed by atoms with van der Waals surface area (Å²) in [5, 5.41) is 12.8. The molecule has 0 aromatic rings. The zero-order valence-corrected chi connectivity index (χ0v) is 11.5. The normalized spacial score (nSPS) is 24.2. The smallest absolute Gasteiger partial charge is 0.0597 e. The van der Waals surface area contributed by atoms with Crippen LogP contribution in [0.1, 0.15) is 26.7 Å². The van der Waals surface area contributed by atoms with Crippen LogP contribution in [-0.4, -0.2) is 62.0 Å². The van der Waals surface area contributed by atoms with Gasteiger partial charge in [0.1, 0.15) is 0 Å². The third-order valence-electron chi connectivity index (χ3n) is 3.27. The molecule has 0 aliphatic carbocycles. The maximum Gasteiger partial charge on any atom is 0.0597 e. The Kier molecular flexibility index (Phi) is 7.04. The van der Waals surface area contributed by atoms with Crippen LogP contribution in [-0.2, 0) is 4.74 Å². The lowest BCUT2D eigenvalue weighted by Crippen LogP contribution is -2.49. The van der Waals surface area contributed by atoms with Crippen LogP contribution in [0.5, 0.6) is 0 Å². The van der Waals surface area contributed by atoms with Crippen molar-refractivity contribution in [1.82, 2.24) is 10.2 Å². The number of hydrogen-bond acceptors (Lipinski definition) is 4. The second-order valence-electron chi connectivity index (χ2n) is 5.42. The van der Waals surface area contributed by atoms with Crippen LogP contribution in [0.3, 0.4) is 0 Å². The monoisotopic (exact) mass is 244 g/mol. The Morgan fingerprint density at radius 3 is 2.82 bits per heavy atom. The second kappa shape index (κ2) is 8.03. The average molecular weight is 244 g/mol. The van der Waals surface area contributed by atoms with E-state index in [0.717, 1.165) is 26.2 Å². The zero-order valence-electron chi connectivity index (χ0n) is 11.5. The molecule has 1 saturated heterocycles. The maximum atomic E-state index is 9.36. The molecule has 2 atom stereocenters. The molecule has 1 rings (SSSR count). The zero-order chi connectivity index (χ0) is 12.7. The van der Waals surface area contributed by atoms with Crippen LogP contribution in [0, 0.1) is 5.92 Å². The van der Waals surface area contributed by atoms with Crippen LogP contribution in [0.2, 0.25) is 0 Å². The fourth-order valence-electron chi connectivity index (χ4n) is 2.64. The number of rotatable bonds is 7. The van der Waals surface area contributed by atoms with Crippen molar-refractivity contribution in [2.75, 3.05) is 40.0 Å². The molecular weight excluding hydrogens is 216 g/mol. The predicted molar refractivity (Wildman–Crippen MR) is 70.2 cm³/mol. The Morgan fingerprint density at radius 1 is 1.47 bits per heavy atom. The lowest BCUT2D eigenvalue weighted by atomic mass is 9.98. The van der Waals surface area contributed by atoms with Gasteiger partial charge in [-0.25, -0.2) is 0 Å². The number of piperidine rings is 1. The van der Waals surface area contributed by atoms with Crippen LogP contribution >= 0.6 is 0 Å². The number of aliphatic hydroxyl groups is 1. The van der Waals surface area contributed by atoms with Gasteiger partial charge >= 0.3 is 0 Å². The molecule has 0 saturated carbocycles. The van der Waals surface area contributed by atoms with Gasteiger partial charge in [-0.1, -0.05) is 13.8 Å². The molecule has 2 N–H and O–H groups in total. The lowest BCUT2D eigenvalue weighted by molar-refractivity contribution is 0.0790. The fraction of sp³-hybridized carbons (Fsp3) is 1.00.